The lowest BCUT2D eigenvalue weighted by atomic mass is 9.95. The molecule has 76 valence electrons. The number of hydrogen-bond donors (Lipinski definition) is 0. The molecule has 0 heterocycles. The molecule has 0 aliphatic heterocycles. The smallest absolute Gasteiger partial charge is 0.00903 e. The van der Waals surface area contributed by atoms with Gasteiger partial charge in [0.25, 0.3) is 0 Å². The molecule has 0 aromatic heterocycles. The van der Waals surface area contributed by atoms with Crippen LogP contribution in [0.25, 0.3) is 0 Å². The summed E-state index contributed by atoms with van der Waals surface area (Å²) >= 11 is 0. The molecule has 0 atom stereocenters. The van der Waals surface area contributed by atoms with Crippen LogP contribution in [0.4, 0.5) is 0 Å². The van der Waals surface area contributed by atoms with E-state index in [0.717, 1.165) is 11.8 Å². The summed E-state index contributed by atoms with van der Waals surface area (Å²) in [6.07, 6.45) is 7.30. The van der Waals surface area contributed by atoms with E-state index in [-0.39, 0.29) is 0 Å². The lowest BCUT2D eigenvalue weighted by Gasteiger charge is -2.11. The van der Waals surface area contributed by atoms with Crippen LogP contribution in [0, 0.1) is 11.8 Å². The molecule has 0 N–H and O–H groups in total. The first kappa shape index (κ1) is 9.76. The normalized spacial score (nSPS) is 20.7. The average molecular weight is 188 g/mol. The van der Waals surface area contributed by atoms with E-state index in [9.17, 15) is 0 Å². The first-order valence-corrected chi connectivity index (χ1v) is 5.71. The Morgan fingerprint density at radius 2 is 1.29 bits per heavy atom. The van der Waals surface area contributed by atoms with Crippen molar-refractivity contribution in [2.24, 2.45) is 11.8 Å². The van der Waals surface area contributed by atoms with Crippen LogP contribution in [-0.4, -0.2) is 0 Å². The Morgan fingerprint density at radius 1 is 0.857 bits per heavy atom. The predicted molar refractivity (Wildman–Crippen MR) is 62.1 cm³/mol. The number of rotatable bonds is 2. The van der Waals surface area contributed by atoms with E-state index in [1.165, 1.54) is 18.4 Å². The largest absolute Gasteiger partial charge is 0.0630 e. The monoisotopic (exact) mass is 188 g/mol. The van der Waals surface area contributed by atoms with Crippen LogP contribution in [0.5, 0.6) is 0 Å². The SMILES string of the molecule is CC(C)C1=CC2=C(C1)CC(C(C)C)=C2. The van der Waals surface area contributed by atoms with Gasteiger partial charge in [-0.3, -0.25) is 0 Å². The Balaban J connectivity index is 2.14. The molecule has 0 radical (unpaired) electrons. The molecule has 0 saturated carbocycles. The lowest BCUT2D eigenvalue weighted by molar-refractivity contribution is 0.719. The van der Waals surface area contributed by atoms with Crippen LogP contribution in [0.3, 0.4) is 0 Å². The maximum atomic E-state index is 2.41. The third-order valence-corrected chi connectivity index (χ3v) is 3.41. The molecule has 0 bridgehead atoms. The van der Waals surface area contributed by atoms with Crippen LogP contribution >= 0.6 is 0 Å². The average Bonchev–Trinajstić information content (AvgIpc) is 2.57. The molecular formula is C14H20. The fourth-order valence-electron chi connectivity index (χ4n) is 2.25. The van der Waals surface area contributed by atoms with Gasteiger partial charge >= 0.3 is 0 Å². The molecular weight excluding hydrogens is 168 g/mol. The standard InChI is InChI=1S/C14H20/c1-9(2)11-5-13-7-12(10(3)4)8-14(13)6-11/h5,7,9-10H,6,8H2,1-4H3. The van der Waals surface area contributed by atoms with E-state index in [0.29, 0.717) is 0 Å². The van der Waals surface area contributed by atoms with Crippen molar-refractivity contribution in [2.45, 2.75) is 40.5 Å². The van der Waals surface area contributed by atoms with Crippen molar-refractivity contribution in [1.82, 2.24) is 0 Å². The molecule has 0 spiro atoms. The van der Waals surface area contributed by atoms with Gasteiger partial charge in [0.15, 0.2) is 0 Å². The zero-order chi connectivity index (χ0) is 10.3. The molecule has 2 aliphatic rings. The van der Waals surface area contributed by atoms with E-state index in [1.807, 2.05) is 0 Å². The molecule has 0 nitrogen and oxygen atoms in total. The number of allylic oxidation sites excluding steroid dienone is 6. The summed E-state index contributed by atoms with van der Waals surface area (Å²) in [4.78, 5) is 0. The van der Waals surface area contributed by atoms with Gasteiger partial charge in [-0.15, -0.1) is 0 Å². The Labute approximate surface area is 87.4 Å². The molecule has 0 amide bonds. The highest BCUT2D eigenvalue weighted by Crippen LogP contribution is 2.40. The Bertz CT molecular complexity index is 303. The van der Waals surface area contributed by atoms with Gasteiger partial charge < -0.3 is 0 Å². The molecule has 14 heavy (non-hydrogen) atoms. The highest BCUT2D eigenvalue weighted by Gasteiger charge is 2.23. The van der Waals surface area contributed by atoms with Gasteiger partial charge in [0.05, 0.1) is 0 Å². The van der Waals surface area contributed by atoms with Crippen molar-refractivity contribution >= 4 is 0 Å². The maximum absolute atomic E-state index is 2.41. The summed E-state index contributed by atoms with van der Waals surface area (Å²) in [6.45, 7) is 9.17. The van der Waals surface area contributed by atoms with Crippen molar-refractivity contribution in [1.29, 1.82) is 0 Å². The zero-order valence-electron chi connectivity index (χ0n) is 9.72. The first-order valence-electron chi connectivity index (χ1n) is 5.71. The van der Waals surface area contributed by atoms with Crippen LogP contribution in [-0.2, 0) is 0 Å². The highest BCUT2D eigenvalue weighted by atomic mass is 14.3. The van der Waals surface area contributed by atoms with Crippen LogP contribution < -0.4 is 0 Å². The third-order valence-electron chi connectivity index (χ3n) is 3.41. The molecule has 0 unspecified atom stereocenters. The van der Waals surface area contributed by atoms with Gasteiger partial charge in [0.2, 0.25) is 0 Å². The van der Waals surface area contributed by atoms with Crippen LogP contribution in [0.15, 0.2) is 34.4 Å². The molecule has 0 heteroatoms. The van der Waals surface area contributed by atoms with E-state index in [2.05, 4.69) is 39.8 Å². The third kappa shape index (κ3) is 1.58. The fraction of sp³-hybridized carbons (Fsp3) is 0.571. The van der Waals surface area contributed by atoms with Gasteiger partial charge in [0, 0.05) is 0 Å². The second-order valence-electron chi connectivity index (χ2n) is 5.16. The van der Waals surface area contributed by atoms with Gasteiger partial charge in [-0.2, -0.15) is 0 Å². The van der Waals surface area contributed by atoms with E-state index in [4.69, 9.17) is 0 Å². The van der Waals surface area contributed by atoms with Crippen LogP contribution in [0.1, 0.15) is 40.5 Å². The summed E-state index contributed by atoms with van der Waals surface area (Å²) in [5.74, 6) is 1.44. The van der Waals surface area contributed by atoms with Crippen molar-refractivity contribution in [2.75, 3.05) is 0 Å². The summed E-state index contributed by atoms with van der Waals surface area (Å²) in [6, 6.07) is 0. The fourth-order valence-corrected chi connectivity index (χ4v) is 2.25. The zero-order valence-corrected chi connectivity index (χ0v) is 9.72. The lowest BCUT2D eigenvalue weighted by Crippen LogP contribution is -1.95. The topological polar surface area (TPSA) is 0 Å². The second kappa shape index (κ2) is 3.42. The Hall–Kier alpha value is -0.780. The molecule has 0 aromatic rings. The summed E-state index contributed by atoms with van der Waals surface area (Å²) < 4.78 is 0. The Kier molecular flexibility index (Phi) is 2.38. The quantitative estimate of drug-likeness (QED) is 0.607. The predicted octanol–water partition coefficient (Wildman–Crippen LogP) is 4.26. The second-order valence-corrected chi connectivity index (χ2v) is 5.16. The van der Waals surface area contributed by atoms with Gasteiger partial charge in [-0.25, -0.2) is 0 Å². The van der Waals surface area contributed by atoms with E-state index >= 15 is 0 Å². The van der Waals surface area contributed by atoms with Crippen molar-refractivity contribution in [3.8, 4) is 0 Å². The summed E-state index contributed by atoms with van der Waals surface area (Å²) in [7, 11) is 0. The molecule has 0 aromatic carbocycles. The van der Waals surface area contributed by atoms with Gasteiger partial charge in [0.1, 0.15) is 0 Å². The molecule has 2 rings (SSSR count). The highest BCUT2D eigenvalue weighted by molar-refractivity contribution is 5.53. The Morgan fingerprint density at radius 3 is 1.57 bits per heavy atom. The van der Waals surface area contributed by atoms with E-state index in [1.54, 1.807) is 16.7 Å². The minimum Gasteiger partial charge on any atom is -0.0630 e. The van der Waals surface area contributed by atoms with Crippen molar-refractivity contribution < 1.29 is 0 Å². The van der Waals surface area contributed by atoms with E-state index < -0.39 is 0 Å². The van der Waals surface area contributed by atoms with Gasteiger partial charge in [-0.05, 0) is 30.3 Å². The van der Waals surface area contributed by atoms with Crippen molar-refractivity contribution in [3.63, 3.8) is 0 Å². The maximum Gasteiger partial charge on any atom is -0.00903 e. The van der Waals surface area contributed by atoms with Crippen molar-refractivity contribution in [3.05, 3.63) is 34.4 Å². The first-order chi connectivity index (χ1) is 6.58. The molecule has 0 fully saturated rings. The van der Waals surface area contributed by atoms with Crippen LogP contribution in [0.2, 0.25) is 0 Å². The van der Waals surface area contributed by atoms with Gasteiger partial charge in [-0.1, -0.05) is 56.6 Å². The summed E-state index contributed by atoms with van der Waals surface area (Å²) in [5, 5.41) is 0. The summed E-state index contributed by atoms with van der Waals surface area (Å²) in [5.41, 5.74) is 6.43. The minimum atomic E-state index is 0.719. The minimum absolute atomic E-state index is 0.719. The molecule has 2 aliphatic carbocycles. The number of hydrogen-bond acceptors (Lipinski definition) is 0. The molecule has 0 saturated heterocycles.